The van der Waals surface area contributed by atoms with E-state index in [4.69, 9.17) is 9.36 Å². The molecule has 0 spiro atoms. The van der Waals surface area contributed by atoms with Gasteiger partial charge in [-0.1, -0.05) is 17.3 Å². The molecule has 0 saturated carbocycles. The number of hydrogen-bond acceptors (Lipinski definition) is 8. The summed E-state index contributed by atoms with van der Waals surface area (Å²) in [5.74, 6) is 0.721. The highest BCUT2D eigenvalue weighted by Crippen LogP contribution is 2.31. The van der Waals surface area contributed by atoms with Crippen LogP contribution in [0.3, 0.4) is 0 Å². The van der Waals surface area contributed by atoms with Crippen LogP contribution in [0.5, 0.6) is 0 Å². The molecule has 0 aliphatic carbocycles. The number of hydrogen-bond donors (Lipinski definition) is 0. The molecule has 0 fully saturated rings. The highest BCUT2D eigenvalue weighted by Gasteiger charge is 2.32. The summed E-state index contributed by atoms with van der Waals surface area (Å²) < 4.78 is 5.14. The number of benzene rings is 1. The number of anilines is 1. The van der Waals surface area contributed by atoms with Gasteiger partial charge >= 0.3 is 0 Å². The van der Waals surface area contributed by atoms with Crippen LogP contribution in [0.4, 0.5) is 11.6 Å². The van der Waals surface area contributed by atoms with E-state index in [0.717, 1.165) is 0 Å². The van der Waals surface area contributed by atoms with E-state index in [2.05, 4.69) is 15.3 Å². The first-order chi connectivity index (χ1) is 10.6. The second-order valence-electron chi connectivity index (χ2n) is 4.94. The third-order valence-corrected chi connectivity index (χ3v) is 3.19. The zero-order valence-corrected chi connectivity index (χ0v) is 12.0. The molecular weight excluding hydrogens is 290 g/mol. The van der Waals surface area contributed by atoms with Gasteiger partial charge in [0.15, 0.2) is 0 Å². The molecule has 22 heavy (non-hydrogen) atoms. The van der Waals surface area contributed by atoms with Gasteiger partial charge in [0.2, 0.25) is 6.10 Å². The minimum Gasteiger partial charge on any atom is -0.382 e. The maximum absolute atomic E-state index is 11.1. The van der Waals surface area contributed by atoms with Gasteiger partial charge in [0, 0.05) is 26.6 Å². The first kappa shape index (κ1) is 14.0. The Hall–Kier alpha value is -2.97. The summed E-state index contributed by atoms with van der Waals surface area (Å²) in [6.45, 7) is 0. The molecule has 1 atom stereocenters. The average Bonchev–Trinajstić information content (AvgIpc) is 3.16. The Morgan fingerprint density at radius 3 is 2.82 bits per heavy atom. The lowest BCUT2D eigenvalue weighted by atomic mass is 10.0. The molecule has 0 bridgehead atoms. The molecule has 2 heterocycles. The fourth-order valence-electron chi connectivity index (χ4n) is 2.09. The van der Waals surface area contributed by atoms with Crippen molar-refractivity contribution in [1.29, 1.82) is 0 Å². The van der Waals surface area contributed by atoms with Crippen molar-refractivity contribution >= 4 is 17.3 Å². The van der Waals surface area contributed by atoms with Gasteiger partial charge in [0.05, 0.1) is 16.2 Å². The monoisotopic (exact) mass is 303 g/mol. The number of nitrogens with zero attached hydrogens (tertiary/aromatic N) is 5. The third kappa shape index (κ3) is 2.48. The lowest BCUT2D eigenvalue weighted by Gasteiger charge is -2.03. The number of para-hydroxylation sites is 1. The minimum absolute atomic E-state index is 0.00925. The SMILES string of the molecule is CN(C)c1noc([C@@H]2CC(c3ccccc3[N+](=O)[O-])=NO2)n1. The van der Waals surface area contributed by atoms with E-state index in [1.54, 1.807) is 37.2 Å². The number of aromatic nitrogens is 2. The van der Waals surface area contributed by atoms with Gasteiger partial charge in [0.25, 0.3) is 17.5 Å². The summed E-state index contributed by atoms with van der Waals surface area (Å²) in [6.07, 6.45) is -0.198. The molecule has 1 aromatic carbocycles. The van der Waals surface area contributed by atoms with Crippen molar-refractivity contribution in [3.63, 3.8) is 0 Å². The minimum atomic E-state index is -0.531. The molecule has 1 aliphatic rings. The number of oxime groups is 1. The van der Waals surface area contributed by atoms with Crippen LogP contribution in [0.1, 0.15) is 24.0 Å². The molecule has 3 rings (SSSR count). The van der Waals surface area contributed by atoms with Gasteiger partial charge in [-0.2, -0.15) is 4.98 Å². The van der Waals surface area contributed by atoms with Gasteiger partial charge in [-0.05, 0) is 11.2 Å². The molecule has 0 amide bonds. The van der Waals surface area contributed by atoms with E-state index >= 15 is 0 Å². The predicted octanol–water partition coefficient (Wildman–Crippen LogP) is 1.91. The highest BCUT2D eigenvalue weighted by atomic mass is 16.7. The fraction of sp³-hybridized carbons (Fsp3) is 0.308. The zero-order chi connectivity index (χ0) is 15.7. The van der Waals surface area contributed by atoms with Crippen molar-refractivity contribution in [2.24, 2.45) is 5.16 Å². The van der Waals surface area contributed by atoms with Crippen molar-refractivity contribution in [3.8, 4) is 0 Å². The van der Waals surface area contributed by atoms with Crippen LogP contribution in [-0.2, 0) is 4.84 Å². The Bertz CT molecular complexity index is 740. The molecule has 0 saturated heterocycles. The zero-order valence-electron chi connectivity index (χ0n) is 12.0. The second-order valence-corrected chi connectivity index (χ2v) is 4.94. The lowest BCUT2D eigenvalue weighted by molar-refractivity contribution is -0.385. The molecular formula is C13H13N5O4. The van der Waals surface area contributed by atoms with Gasteiger partial charge in [0.1, 0.15) is 0 Å². The van der Waals surface area contributed by atoms with Gasteiger partial charge in [-0.15, -0.1) is 0 Å². The van der Waals surface area contributed by atoms with Gasteiger partial charge < -0.3 is 14.3 Å². The molecule has 1 aliphatic heterocycles. The largest absolute Gasteiger partial charge is 0.382 e. The normalized spacial score (nSPS) is 17.0. The first-order valence-corrected chi connectivity index (χ1v) is 6.53. The average molecular weight is 303 g/mol. The van der Waals surface area contributed by atoms with Crippen LogP contribution >= 0.6 is 0 Å². The molecule has 114 valence electrons. The summed E-state index contributed by atoms with van der Waals surface area (Å²) in [5, 5.41) is 18.8. The van der Waals surface area contributed by atoms with E-state index in [9.17, 15) is 10.1 Å². The Morgan fingerprint density at radius 1 is 1.36 bits per heavy atom. The quantitative estimate of drug-likeness (QED) is 0.627. The summed E-state index contributed by atoms with van der Waals surface area (Å²) in [5.41, 5.74) is 0.911. The summed E-state index contributed by atoms with van der Waals surface area (Å²) in [4.78, 5) is 21.8. The Morgan fingerprint density at radius 2 is 2.14 bits per heavy atom. The maximum Gasteiger partial charge on any atom is 0.278 e. The van der Waals surface area contributed by atoms with E-state index in [1.807, 2.05) is 0 Å². The summed E-state index contributed by atoms with van der Waals surface area (Å²) >= 11 is 0. The fourth-order valence-corrected chi connectivity index (χ4v) is 2.09. The van der Waals surface area contributed by atoms with E-state index < -0.39 is 11.0 Å². The van der Waals surface area contributed by atoms with Crippen LogP contribution in [0, 0.1) is 10.1 Å². The molecule has 0 N–H and O–H groups in total. The van der Waals surface area contributed by atoms with Crippen molar-refractivity contribution < 1.29 is 14.3 Å². The summed E-state index contributed by atoms with van der Waals surface area (Å²) in [6, 6.07) is 6.40. The molecule has 0 unspecified atom stereocenters. The second kappa shape index (κ2) is 5.43. The molecule has 1 aromatic heterocycles. The van der Waals surface area contributed by atoms with Crippen LogP contribution in [0.25, 0.3) is 0 Å². The van der Waals surface area contributed by atoms with Gasteiger partial charge in [-0.3, -0.25) is 10.1 Å². The van der Waals surface area contributed by atoms with Gasteiger partial charge in [-0.25, -0.2) is 0 Å². The number of nitro groups is 1. The Labute approximate surface area is 125 Å². The Balaban J connectivity index is 1.81. The summed E-state index contributed by atoms with van der Waals surface area (Å²) in [7, 11) is 3.58. The smallest absolute Gasteiger partial charge is 0.278 e. The van der Waals surface area contributed by atoms with Crippen LogP contribution in [-0.4, -0.2) is 34.9 Å². The lowest BCUT2D eigenvalue weighted by Crippen LogP contribution is -2.10. The molecule has 9 nitrogen and oxygen atoms in total. The van der Waals surface area contributed by atoms with Crippen molar-refractivity contribution in [2.75, 3.05) is 19.0 Å². The van der Waals surface area contributed by atoms with Crippen molar-refractivity contribution in [2.45, 2.75) is 12.5 Å². The van der Waals surface area contributed by atoms with Crippen LogP contribution in [0.15, 0.2) is 33.9 Å². The van der Waals surface area contributed by atoms with Crippen molar-refractivity contribution in [1.82, 2.24) is 10.1 Å². The maximum atomic E-state index is 11.1. The highest BCUT2D eigenvalue weighted by molar-refractivity contribution is 6.04. The topological polar surface area (TPSA) is 107 Å². The molecule has 2 aromatic rings. The van der Waals surface area contributed by atoms with E-state index in [-0.39, 0.29) is 5.69 Å². The molecule has 9 heteroatoms. The third-order valence-electron chi connectivity index (χ3n) is 3.19. The standard InChI is InChI=1S/C13H13N5O4/c1-17(2)13-14-12(22-16-13)11-7-9(15-21-11)8-5-3-4-6-10(8)18(19)20/h3-6,11H,7H2,1-2H3/t11-/m0/s1. The molecule has 0 radical (unpaired) electrons. The van der Waals surface area contributed by atoms with E-state index in [1.165, 1.54) is 6.07 Å². The number of rotatable bonds is 4. The Kier molecular flexibility index (Phi) is 3.45. The van der Waals surface area contributed by atoms with Crippen LogP contribution in [0.2, 0.25) is 0 Å². The number of nitro benzene ring substituents is 1. The van der Waals surface area contributed by atoms with E-state index in [0.29, 0.717) is 29.5 Å². The predicted molar refractivity (Wildman–Crippen MR) is 76.7 cm³/mol. The van der Waals surface area contributed by atoms with Crippen molar-refractivity contribution in [3.05, 3.63) is 45.8 Å². The van der Waals surface area contributed by atoms with Crippen LogP contribution < -0.4 is 4.90 Å². The first-order valence-electron chi connectivity index (χ1n) is 6.53.